The van der Waals surface area contributed by atoms with Crippen LogP contribution in [0.5, 0.6) is 0 Å². The molecule has 0 saturated heterocycles. The Kier molecular flexibility index (Phi) is 3.90. The summed E-state index contributed by atoms with van der Waals surface area (Å²) in [4.78, 5) is 12.7. The summed E-state index contributed by atoms with van der Waals surface area (Å²) in [6.07, 6.45) is 6.56. The molecule has 118 valence electrons. The van der Waals surface area contributed by atoms with Crippen molar-refractivity contribution in [3.8, 4) is 0 Å². The molecule has 2 aliphatic carbocycles. The fourth-order valence-corrected chi connectivity index (χ4v) is 4.13. The SMILES string of the molecule is O=C(NC1c2ccccc2CCc2ccccc21)C1CCCC1. The number of carbonyl (C=O) groups is 1. The highest BCUT2D eigenvalue weighted by atomic mass is 16.1. The molecule has 4 rings (SSSR count). The molecule has 23 heavy (non-hydrogen) atoms. The highest BCUT2D eigenvalue weighted by Gasteiger charge is 2.28. The molecule has 0 bridgehead atoms. The van der Waals surface area contributed by atoms with E-state index < -0.39 is 0 Å². The minimum atomic E-state index is -0.00185. The number of benzene rings is 2. The minimum absolute atomic E-state index is 0.00185. The van der Waals surface area contributed by atoms with Crippen molar-refractivity contribution in [1.29, 1.82) is 0 Å². The topological polar surface area (TPSA) is 29.1 Å². The summed E-state index contributed by atoms with van der Waals surface area (Å²) in [5.41, 5.74) is 5.26. The molecule has 0 atom stereocenters. The Bertz CT molecular complexity index is 668. The third kappa shape index (κ3) is 2.78. The van der Waals surface area contributed by atoms with Crippen LogP contribution in [0.4, 0.5) is 0 Å². The van der Waals surface area contributed by atoms with Gasteiger partial charge in [0, 0.05) is 5.92 Å². The normalized spacial score (nSPS) is 18.1. The Hall–Kier alpha value is -2.09. The van der Waals surface area contributed by atoms with Crippen LogP contribution in [0.2, 0.25) is 0 Å². The molecule has 2 nitrogen and oxygen atoms in total. The Labute approximate surface area is 137 Å². The molecule has 1 fully saturated rings. The second-order valence-corrected chi connectivity index (χ2v) is 6.82. The van der Waals surface area contributed by atoms with E-state index >= 15 is 0 Å². The molecule has 2 aliphatic rings. The van der Waals surface area contributed by atoms with E-state index in [-0.39, 0.29) is 17.9 Å². The van der Waals surface area contributed by atoms with Gasteiger partial charge in [-0.3, -0.25) is 4.79 Å². The molecular formula is C21H23NO. The lowest BCUT2D eigenvalue weighted by Crippen LogP contribution is -2.34. The molecular weight excluding hydrogens is 282 g/mol. The summed E-state index contributed by atoms with van der Waals surface area (Å²) in [7, 11) is 0. The molecule has 0 spiro atoms. The standard InChI is InChI=1S/C21H23NO/c23-21(17-9-1-2-10-17)22-20-18-11-5-3-7-15(18)13-14-16-8-4-6-12-19(16)20/h3-8,11-12,17,20H,1-2,9-10,13-14H2,(H,22,23). The van der Waals surface area contributed by atoms with Crippen LogP contribution in [-0.4, -0.2) is 5.91 Å². The molecule has 1 amide bonds. The molecule has 0 radical (unpaired) electrons. The van der Waals surface area contributed by atoms with E-state index in [2.05, 4.69) is 53.8 Å². The molecule has 2 heteroatoms. The first-order valence-corrected chi connectivity index (χ1v) is 8.79. The second-order valence-electron chi connectivity index (χ2n) is 6.82. The maximum absolute atomic E-state index is 12.7. The highest BCUT2D eigenvalue weighted by molar-refractivity contribution is 5.80. The first kappa shape index (κ1) is 14.5. The monoisotopic (exact) mass is 305 g/mol. The molecule has 0 aliphatic heterocycles. The Morgan fingerprint density at radius 3 is 1.91 bits per heavy atom. The number of hydrogen-bond acceptors (Lipinski definition) is 1. The van der Waals surface area contributed by atoms with Crippen molar-refractivity contribution >= 4 is 5.91 Å². The number of rotatable bonds is 2. The summed E-state index contributed by atoms with van der Waals surface area (Å²) in [6.45, 7) is 0. The van der Waals surface area contributed by atoms with E-state index in [1.54, 1.807) is 0 Å². The van der Waals surface area contributed by atoms with Gasteiger partial charge in [0.2, 0.25) is 5.91 Å². The van der Waals surface area contributed by atoms with Crippen molar-refractivity contribution < 1.29 is 4.79 Å². The van der Waals surface area contributed by atoms with Gasteiger partial charge in [-0.2, -0.15) is 0 Å². The first-order valence-electron chi connectivity index (χ1n) is 8.79. The van der Waals surface area contributed by atoms with Gasteiger partial charge in [-0.25, -0.2) is 0 Å². The van der Waals surface area contributed by atoms with E-state index in [0.29, 0.717) is 0 Å². The van der Waals surface area contributed by atoms with Crippen LogP contribution >= 0.6 is 0 Å². The molecule has 2 aromatic carbocycles. The van der Waals surface area contributed by atoms with Crippen LogP contribution < -0.4 is 5.32 Å². The van der Waals surface area contributed by atoms with Crippen molar-refractivity contribution in [2.75, 3.05) is 0 Å². The van der Waals surface area contributed by atoms with Crippen molar-refractivity contribution in [3.05, 3.63) is 70.8 Å². The lowest BCUT2D eigenvalue weighted by Gasteiger charge is -2.23. The van der Waals surface area contributed by atoms with Crippen LogP contribution in [0, 0.1) is 5.92 Å². The van der Waals surface area contributed by atoms with Gasteiger partial charge in [-0.15, -0.1) is 0 Å². The van der Waals surface area contributed by atoms with Gasteiger partial charge < -0.3 is 5.32 Å². The van der Waals surface area contributed by atoms with Crippen LogP contribution in [0.15, 0.2) is 48.5 Å². The molecule has 1 saturated carbocycles. The maximum atomic E-state index is 12.7. The molecule has 1 N–H and O–H groups in total. The van der Waals surface area contributed by atoms with E-state index in [1.807, 2.05) is 0 Å². The Morgan fingerprint density at radius 1 is 0.826 bits per heavy atom. The number of nitrogens with one attached hydrogen (secondary N) is 1. The zero-order valence-corrected chi connectivity index (χ0v) is 13.4. The van der Waals surface area contributed by atoms with Gasteiger partial charge in [-0.1, -0.05) is 61.4 Å². The maximum Gasteiger partial charge on any atom is 0.223 e. The van der Waals surface area contributed by atoms with Gasteiger partial charge in [0.1, 0.15) is 0 Å². The van der Waals surface area contributed by atoms with E-state index in [4.69, 9.17) is 0 Å². The fourth-order valence-electron chi connectivity index (χ4n) is 4.13. The lowest BCUT2D eigenvalue weighted by atomic mass is 9.94. The molecule has 0 heterocycles. The third-order valence-corrected chi connectivity index (χ3v) is 5.41. The van der Waals surface area contributed by atoms with Gasteiger partial charge >= 0.3 is 0 Å². The number of carbonyl (C=O) groups excluding carboxylic acids is 1. The average Bonchev–Trinajstić information content (AvgIpc) is 3.08. The zero-order chi connectivity index (χ0) is 15.6. The second kappa shape index (κ2) is 6.19. The van der Waals surface area contributed by atoms with E-state index in [1.165, 1.54) is 35.1 Å². The Morgan fingerprint density at radius 2 is 1.35 bits per heavy atom. The molecule has 0 aromatic heterocycles. The lowest BCUT2D eigenvalue weighted by molar-refractivity contribution is -0.125. The quantitative estimate of drug-likeness (QED) is 0.886. The fraction of sp³-hybridized carbons (Fsp3) is 0.381. The number of hydrogen-bond donors (Lipinski definition) is 1. The van der Waals surface area contributed by atoms with Crippen LogP contribution in [0.3, 0.4) is 0 Å². The van der Waals surface area contributed by atoms with Gasteiger partial charge in [0.05, 0.1) is 6.04 Å². The number of aryl methyl sites for hydroxylation is 2. The largest absolute Gasteiger partial charge is 0.345 e. The van der Waals surface area contributed by atoms with Gasteiger partial charge in [-0.05, 0) is 47.9 Å². The van der Waals surface area contributed by atoms with Crippen molar-refractivity contribution in [2.45, 2.75) is 44.6 Å². The minimum Gasteiger partial charge on any atom is -0.345 e. The summed E-state index contributed by atoms with van der Waals surface area (Å²) in [5, 5.41) is 3.37. The zero-order valence-electron chi connectivity index (χ0n) is 13.4. The van der Waals surface area contributed by atoms with Crippen molar-refractivity contribution in [1.82, 2.24) is 5.32 Å². The summed E-state index contributed by atoms with van der Waals surface area (Å²) < 4.78 is 0. The molecule has 2 aromatic rings. The Balaban J connectivity index is 1.72. The van der Waals surface area contributed by atoms with Crippen molar-refractivity contribution in [3.63, 3.8) is 0 Å². The van der Waals surface area contributed by atoms with Gasteiger partial charge in [0.25, 0.3) is 0 Å². The highest BCUT2D eigenvalue weighted by Crippen LogP contribution is 2.33. The predicted molar refractivity (Wildman–Crippen MR) is 92.2 cm³/mol. The van der Waals surface area contributed by atoms with E-state index in [0.717, 1.165) is 25.7 Å². The van der Waals surface area contributed by atoms with Crippen LogP contribution in [0.1, 0.15) is 54.0 Å². The van der Waals surface area contributed by atoms with E-state index in [9.17, 15) is 4.79 Å². The van der Waals surface area contributed by atoms with Gasteiger partial charge in [0.15, 0.2) is 0 Å². The first-order chi connectivity index (χ1) is 11.3. The average molecular weight is 305 g/mol. The third-order valence-electron chi connectivity index (χ3n) is 5.41. The summed E-state index contributed by atoms with van der Waals surface area (Å²) in [6, 6.07) is 17.1. The smallest absolute Gasteiger partial charge is 0.223 e. The van der Waals surface area contributed by atoms with Crippen LogP contribution in [-0.2, 0) is 17.6 Å². The van der Waals surface area contributed by atoms with Crippen molar-refractivity contribution in [2.24, 2.45) is 5.92 Å². The number of fused-ring (bicyclic) bond motifs is 2. The summed E-state index contributed by atoms with van der Waals surface area (Å²) in [5.74, 6) is 0.441. The summed E-state index contributed by atoms with van der Waals surface area (Å²) >= 11 is 0. The number of amides is 1. The molecule has 0 unspecified atom stereocenters. The van der Waals surface area contributed by atoms with Crippen LogP contribution in [0.25, 0.3) is 0 Å². The predicted octanol–water partition coefficient (Wildman–Crippen LogP) is 4.18.